The van der Waals surface area contributed by atoms with E-state index in [1.807, 2.05) is 36.4 Å². The SMILES string of the molecule is O=C(NC1CCNC1)c1ccccc1Sc1ccc(Br)cn1. The first-order chi connectivity index (χ1) is 10.7. The number of halogens is 1. The van der Waals surface area contributed by atoms with E-state index in [9.17, 15) is 4.79 Å². The van der Waals surface area contributed by atoms with E-state index in [-0.39, 0.29) is 11.9 Å². The number of carbonyl (C=O) groups excluding carboxylic acids is 1. The third kappa shape index (κ3) is 3.88. The molecule has 22 heavy (non-hydrogen) atoms. The van der Waals surface area contributed by atoms with Crippen LogP contribution in [0.25, 0.3) is 0 Å². The van der Waals surface area contributed by atoms with Crippen LogP contribution in [0.1, 0.15) is 16.8 Å². The first-order valence-corrected chi connectivity index (χ1v) is 8.73. The summed E-state index contributed by atoms with van der Waals surface area (Å²) in [5.41, 5.74) is 0.698. The number of benzene rings is 1. The number of pyridine rings is 1. The first kappa shape index (κ1) is 15.5. The van der Waals surface area contributed by atoms with Gasteiger partial charge in [-0.1, -0.05) is 23.9 Å². The number of hydrogen-bond donors (Lipinski definition) is 2. The average molecular weight is 378 g/mol. The van der Waals surface area contributed by atoms with Gasteiger partial charge in [0.25, 0.3) is 5.91 Å². The van der Waals surface area contributed by atoms with Crippen LogP contribution in [-0.2, 0) is 0 Å². The van der Waals surface area contributed by atoms with Crippen molar-refractivity contribution in [3.8, 4) is 0 Å². The van der Waals surface area contributed by atoms with Crippen molar-refractivity contribution >= 4 is 33.6 Å². The summed E-state index contributed by atoms with van der Waals surface area (Å²) in [4.78, 5) is 17.8. The molecule has 1 amide bonds. The molecule has 1 aromatic heterocycles. The van der Waals surface area contributed by atoms with Crippen molar-refractivity contribution in [3.63, 3.8) is 0 Å². The molecule has 114 valence electrons. The first-order valence-electron chi connectivity index (χ1n) is 7.12. The van der Waals surface area contributed by atoms with Crippen LogP contribution in [0.2, 0.25) is 0 Å². The monoisotopic (exact) mass is 377 g/mol. The molecule has 3 rings (SSSR count). The van der Waals surface area contributed by atoms with Crippen molar-refractivity contribution in [1.82, 2.24) is 15.6 Å². The van der Waals surface area contributed by atoms with E-state index < -0.39 is 0 Å². The Balaban J connectivity index is 1.76. The molecule has 2 heterocycles. The molecule has 1 aliphatic heterocycles. The van der Waals surface area contributed by atoms with E-state index in [4.69, 9.17) is 0 Å². The molecule has 1 aromatic carbocycles. The van der Waals surface area contributed by atoms with Crippen LogP contribution in [0.3, 0.4) is 0 Å². The zero-order chi connectivity index (χ0) is 15.4. The van der Waals surface area contributed by atoms with Crippen molar-refractivity contribution in [1.29, 1.82) is 0 Å². The van der Waals surface area contributed by atoms with Crippen LogP contribution in [0.15, 0.2) is 57.0 Å². The fourth-order valence-electron chi connectivity index (χ4n) is 2.32. The number of amides is 1. The van der Waals surface area contributed by atoms with Crippen molar-refractivity contribution in [3.05, 3.63) is 52.6 Å². The lowest BCUT2D eigenvalue weighted by molar-refractivity contribution is 0.0937. The summed E-state index contributed by atoms with van der Waals surface area (Å²) in [6, 6.07) is 11.7. The summed E-state index contributed by atoms with van der Waals surface area (Å²) in [6.07, 6.45) is 2.74. The van der Waals surface area contributed by atoms with Gasteiger partial charge in [0.05, 0.1) is 5.56 Å². The van der Waals surface area contributed by atoms with E-state index in [1.54, 1.807) is 6.20 Å². The average Bonchev–Trinajstić information content (AvgIpc) is 3.03. The van der Waals surface area contributed by atoms with Gasteiger partial charge in [0.1, 0.15) is 5.03 Å². The number of aromatic nitrogens is 1. The maximum atomic E-state index is 12.5. The number of hydrogen-bond acceptors (Lipinski definition) is 4. The van der Waals surface area contributed by atoms with Crippen molar-refractivity contribution in [2.45, 2.75) is 22.4 Å². The van der Waals surface area contributed by atoms with Crippen LogP contribution < -0.4 is 10.6 Å². The van der Waals surface area contributed by atoms with Crippen LogP contribution in [-0.4, -0.2) is 30.0 Å². The van der Waals surface area contributed by atoms with Gasteiger partial charge in [-0.05, 0) is 53.2 Å². The Labute approximate surface area is 142 Å². The Hall–Kier alpha value is -1.37. The van der Waals surface area contributed by atoms with Gasteiger partial charge in [-0.25, -0.2) is 4.98 Å². The zero-order valence-corrected chi connectivity index (χ0v) is 14.3. The standard InChI is InChI=1S/C16H16BrN3OS/c17-11-5-6-15(19-9-11)22-14-4-2-1-3-13(14)16(21)20-12-7-8-18-10-12/h1-6,9,12,18H,7-8,10H2,(H,20,21). The Kier molecular flexibility index (Phi) is 5.12. The topological polar surface area (TPSA) is 54.0 Å². The van der Waals surface area contributed by atoms with Crippen LogP contribution >= 0.6 is 27.7 Å². The molecule has 4 nitrogen and oxygen atoms in total. The van der Waals surface area contributed by atoms with E-state index in [1.165, 1.54) is 11.8 Å². The Morgan fingerprint density at radius 1 is 1.32 bits per heavy atom. The molecule has 1 fully saturated rings. The molecule has 0 radical (unpaired) electrons. The second kappa shape index (κ2) is 7.26. The number of rotatable bonds is 4. The maximum Gasteiger partial charge on any atom is 0.252 e. The van der Waals surface area contributed by atoms with E-state index in [0.717, 1.165) is 33.9 Å². The number of nitrogens with zero attached hydrogens (tertiary/aromatic N) is 1. The molecule has 0 spiro atoms. The summed E-state index contributed by atoms with van der Waals surface area (Å²) in [5, 5.41) is 7.21. The van der Waals surface area contributed by atoms with Gasteiger partial charge in [0.15, 0.2) is 0 Å². The number of nitrogens with one attached hydrogen (secondary N) is 2. The molecular formula is C16H16BrN3OS. The van der Waals surface area contributed by atoms with Gasteiger partial charge in [0, 0.05) is 28.2 Å². The van der Waals surface area contributed by atoms with Gasteiger partial charge >= 0.3 is 0 Å². The normalized spacial score (nSPS) is 17.4. The van der Waals surface area contributed by atoms with Crippen molar-refractivity contribution in [2.24, 2.45) is 0 Å². The van der Waals surface area contributed by atoms with Gasteiger partial charge in [0.2, 0.25) is 0 Å². The fraction of sp³-hybridized carbons (Fsp3) is 0.250. The Bertz CT molecular complexity index is 657. The molecule has 0 bridgehead atoms. The van der Waals surface area contributed by atoms with E-state index in [0.29, 0.717) is 5.56 Å². The third-order valence-corrected chi connectivity index (χ3v) is 4.94. The minimum absolute atomic E-state index is 0.0195. The predicted molar refractivity (Wildman–Crippen MR) is 91.2 cm³/mol. The molecule has 1 aliphatic rings. The van der Waals surface area contributed by atoms with Crippen LogP contribution in [0, 0.1) is 0 Å². The zero-order valence-electron chi connectivity index (χ0n) is 11.9. The molecule has 2 aromatic rings. The highest BCUT2D eigenvalue weighted by Gasteiger charge is 2.19. The second-order valence-electron chi connectivity index (χ2n) is 5.08. The molecule has 0 saturated carbocycles. The Morgan fingerprint density at radius 2 is 2.18 bits per heavy atom. The van der Waals surface area contributed by atoms with Crippen molar-refractivity contribution < 1.29 is 4.79 Å². The van der Waals surface area contributed by atoms with E-state index in [2.05, 4.69) is 31.5 Å². The lowest BCUT2D eigenvalue weighted by atomic mass is 10.2. The van der Waals surface area contributed by atoms with Crippen LogP contribution in [0.4, 0.5) is 0 Å². The molecule has 1 atom stereocenters. The van der Waals surface area contributed by atoms with Gasteiger partial charge < -0.3 is 10.6 Å². The van der Waals surface area contributed by atoms with Crippen molar-refractivity contribution in [2.75, 3.05) is 13.1 Å². The largest absolute Gasteiger partial charge is 0.348 e. The minimum atomic E-state index is -0.0195. The molecular weight excluding hydrogens is 362 g/mol. The van der Waals surface area contributed by atoms with Crippen LogP contribution in [0.5, 0.6) is 0 Å². The smallest absolute Gasteiger partial charge is 0.252 e. The second-order valence-corrected chi connectivity index (χ2v) is 7.05. The number of carbonyl (C=O) groups is 1. The summed E-state index contributed by atoms with van der Waals surface area (Å²) in [5.74, 6) is -0.0195. The molecule has 1 saturated heterocycles. The third-order valence-electron chi connectivity index (χ3n) is 3.44. The highest BCUT2D eigenvalue weighted by Crippen LogP contribution is 2.29. The summed E-state index contributed by atoms with van der Waals surface area (Å²) in [7, 11) is 0. The summed E-state index contributed by atoms with van der Waals surface area (Å²) in [6.45, 7) is 1.81. The highest BCUT2D eigenvalue weighted by molar-refractivity contribution is 9.10. The summed E-state index contributed by atoms with van der Waals surface area (Å²) >= 11 is 4.88. The van der Waals surface area contributed by atoms with E-state index >= 15 is 0 Å². The molecule has 2 N–H and O–H groups in total. The fourth-order valence-corrected chi connectivity index (χ4v) is 3.44. The lowest BCUT2D eigenvalue weighted by Gasteiger charge is -2.13. The molecule has 0 aliphatic carbocycles. The minimum Gasteiger partial charge on any atom is -0.348 e. The predicted octanol–water partition coefficient (Wildman–Crippen LogP) is 3.09. The molecule has 1 unspecified atom stereocenters. The lowest BCUT2D eigenvalue weighted by Crippen LogP contribution is -2.36. The van der Waals surface area contributed by atoms with Gasteiger partial charge in [-0.3, -0.25) is 4.79 Å². The molecule has 6 heteroatoms. The van der Waals surface area contributed by atoms with Gasteiger partial charge in [-0.2, -0.15) is 0 Å². The van der Waals surface area contributed by atoms with Gasteiger partial charge in [-0.15, -0.1) is 0 Å². The Morgan fingerprint density at radius 3 is 2.91 bits per heavy atom. The summed E-state index contributed by atoms with van der Waals surface area (Å²) < 4.78 is 0.941. The quantitative estimate of drug-likeness (QED) is 0.859. The highest BCUT2D eigenvalue weighted by atomic mass is 79.9. The maximum absolute atomic E-state index is 12.5.